The van der Waals surface area contributed by atoms with Crippen molar-refractivity contribution < 1.29 is 19.1 Å². The van der Waals surface area contributed by atoms with Gasteiger partial charge < -0.3 is 19.7 Å². The van der Waals surface area contributed by atoms with Crippen LogP contribution in [0.2, 0.25) is 5.02 Å². The molecule has 0 aliphatic carbocycles. The van der Waals surface area contributed by atoms with Crippen LogP contribution in [0.15, 0.2) is 36.4 Å². The first-order valence-electron chi connectivity index (χ1n) is 8.49. The summed E-state index contributed by atoms with van der Waals surface area (Å²) in [5, 5.41) is 11.9. The molecule has 7 nitrogen and oxygen atoms in total. The summed E-state index contributed by atoms with van der Waals surface area (Å²) in [4.78, 5) is 26.6. The quantitative estimate of drug-likeness (QED) is 0.833. The van der Waals surface area contributed by atoms with Crippen LogP contribution in [0.25, 0.3) is 0 Å². The molecule has 2 aromatic rings. The molecule has 1 atom stereocenters. The second kappa shape index (κ2) is 8.19. The van der Waals surface area contributed by atoms with Crippen LogP contribution in [0, 0.1) is 17.2 Å². The number of benzene rings is 2. The van der Waals surface area contributed by atoms with Gasteiger partial charge >= 0.3 is 0 Å². The minimum atomic E-state index is -0.505. The van der Waals surface area contributed by atoms with Gasteiger partial charge in [0.1, 0.15) is 6.07 Å². The largest absolute Gasteiger partial charge is 0.493 e. The molecule has 3 rings (SSSR count). The van der Waals surface area contributed by atoms with E-state index < -0.39 is 5.92 Å². The van der Waals surface area contributed by atoms with E-state index in [1.165, 1.54) is 26.4 Å². The number of hydrogen-bond donors (Lipinski definition) is 1. The van der Waals surface area contributed by atoms with E-state index in [9.17, 15) is 9.59 Å². The summed E-state index contributed by atoms with van der Waals surface area (Å²) in [6, 6.07) is 11.8. The lowest BCUT2D eigenvalue weighted by molar-refractivity contribution is -0.122. The molecule has 0 spiro atoms. The van der Waals surface area contributed by atoms with E-state index >= 15 is 0 Å². The highest BCUT2D eigenvalue weighted by Crippen LogP contribution is 2.34. The third-order valence-corrected chi connectivity index (χ3v) is 4.84. The van der Waals surface area contributed by atoms with E-state index in [-0.39, 0.29) is 29.8 Å². The fourth-order valence-corrected chi connectivity index (χ4v) is 3.28. The van der Waals surface area contributed by atoms with Crippen LogP contribution >= 0.6 is 11.6 Å². The number of carbonyl (C=O) groups excluding carboxylic acids is 2. The SMILES string of the molecule is COc1ccc(N2C[C@H](C(=O)Nc3ccc(C#N)c(Cl)c3)CC2=O)cc1OC. The van der Waals surface area contributed by atoms with Gasteiger partial charge in [-0.2, -0.15) is 5.26 Å². The van der Waals surface area contributed by atoms with E-state index in [4.69, 9.17) is 26.3 Å². The van der Waals surface area contributed by atoms with Crippen LogP contribution in [0.3, 0.4) is 0 Å². The van der Waals surface area contributed by atoms with Gasteiger partial charge in [0.15, 0.2) is 11.5 Å². The molecule has 1 saturated heterocycles. The Balaban J connectivity index is 1.73. The van der Waals surface area contributed by atoms with E-state index in [2.05, 4.69) is 5.32 Å². The molecule has 2 aromatic carbocycles. The average Bonchev–Trinajstić information content (AvgIpc) is 3.09. The number of nitrogens with one attached hydrogen (secondary N) is 1. The van der Waals surface area contributed by atoms with E-state index in [1.54, 1.807) is 29.2 Å². The first kappa shape index (κ1) is 19.5. The van der Waals surface area contributed by atoms with Gasteiger partial charge in [-0.1, -0.05) is 11.6 Å². The summed E-state index contributed by atoms with van der Waals surface area (Å²) in [6.07, 6.45) is 0.101. The van der Waals surface area contributed by atoms with Crippen LogP contribution in [-0.4, -0.2) is 32.6 Å². The molecule has 0 unspecified atom stereocenters. The number of hydrogen-bond acceptors (Lipinski definition) is 5. The highest BCUT2D eigenvalue weighted by atomic mass is 35.5. The molecule has 0 saturated carbocycles. The third kappa shape index (κ3) is 3.87. The number of nitriles is 1. The number of ether oxygens (including phenoxy) is 2. The standard InChI is InChI=1S/C20H18ClN3O4/c1-27-17-6-5-15(9-18(17)28-2)24-11-13(7-19(24)25)20(26)23-14-4-3-12(10-22)16(21)8-14/h3-6,8-9,13H,7,11H2,1-2H3,(H,23,26)/t13-/m1/s1. The van der Waals surface area contributed by atoms with Crippen LogP contribution in [0.1, 0.15) is 12.0 Å². The predicted molar refractivity (Wildman–Crippen MR) is 105 cm³/mol. The summed E-state index contributed by atoms with van der Waals surface area (Å²) in [7, 11) is 3.06. The Bertz CT molecular complexity index is 970. The number of rotatable bonds is 5. The molecule has 1 aliphatic heterocycles. The average molecular weight is 400 g/mol. The van der Waals surface area contributed by atoms with Gasteiger partial charge in [-0.15, -0.1) is 0 Å². The second-order valence-corrected chi connectivity index (χ2v) is 6.65. The molecular formula is C20H18ClN3O4. The number of nitrogens with zero attached hydrogens (tertiary/aromatic N) is 2. The summed E-state index contributed by atoms with van der Waals surface area (Å²) in [5.74, 6) is 0.134. The Morgan fingerprint density at radius 2 is 1.96 bits per heavy atom. The Morgan fingerprint density at radius 3 is 2.61 bits per heavy atom. The maximum absolute atomic E-state index is 12.6. The zero-order chi connectivity index (χ0) is 20.3. The molecule has 144 valence electrons. The molecule has 8 heteroatoms. The second-order valence-electron chi connectivity index (χ2n) is 6.24. The first-order valence-corrected chi connectivity index (χ1v) is 8.87. The minimum Gasteiger partial charge on any atom is -0.493 e. The summed E-state index contributed by atoms with van der Waals surface area (Å²) < 4.78 is 10.5. The zero-order valence-corrected chi connectivity index (χ0v) is 16.1. The van der Waals surface area contributed by atoms with Gasteiger partial charge in [0.05, 0.1) is 30.7 Å². The van der Waals surface area contributed by atoms with Gasteiger partial charge in [-0.05, 0) is 30.3 Å². The topological polar surface area (TPSA) is 91.7 Å². The van der Waals surface area contributed by atoms with Crippen molar-refractivity contribution in [2.75, 3.05) is 31.0 Å². The van der Waals surface area contributed by atoms with Crippen molar-refractivity contribution in [1.82, 2.24) is 0 Å². The van der Waals surface area contributed by atoms with Crippen LogP contribution in [0.5, 0.6) is 11.5 Å². The predicted octanol–water partition coefficient (Wildman–Crippen LogP) is 3.22. The highest BCUT2D eigenvalue weighted by molar-refractivity contribution is 6.32. The normalized spacial score (nSPS) is 15.9. The lowest BCUT2D eigenvalue weighted by Gasteiger charge is -2.18. The Morgan fingerprint density at radius 1 is 1.21 bits per heavy atom. The molecule has 28 heavy (non-hydrogen) atoms. The molecule has 2 amide bonds. The van der Waals surface area contributed by atoms with Crippen molar-refractivity contribution in [3.8, 4) is 17.6 Å². The molecule has 1 heterocycles. The van der Waals surface area contributed by atoms with Crippen molar-refractivity contribution in [1.29, 1.82) is 5.26 Å². The maximum Gasteiger partial charge on any atom is 0.229 e. The van der Waals surface area contributed by atoms with Crippen molar-refractivity contribution >= 4 is 34.8 Å². The lowest BCUT2D eigenvalue weighted by Crippen LogP contribution is -2.28. The van der Waals surface area contributed by atoms with Crippen molar-refractivity contribution in [3.63, 3.8) is 0 Å². The van der Waals surface area contributed by atoms with Crippen LogP contribution < -0.4 is 19.7 Å². The Hall–Kier alpha value is -3.24. The van der Waals surface area contributed by atoms with Gasteiger partial charge in [0.25, 0.3) is 0 Å². The minimum absolute atomic E-state index is 0.101. The molecule has 1 fully saturated rings. The van der Waals surface area contributed by atoms with Crippen LogP contribution in [-0.2, 0) is 9.59 Å². The van der Waals surface area contributed by atoms with Crippen molar-refractivity contribution in [2.24, 2.45) is 5.92 Å². The van der Waals surface area contributed by atoms with E-state index in [1.807, 2.05) is 6.07 Å². The zero-order valence-electron chi connectivity index (χ0n) is 15.4. The van der Waals surface area contributed by atoms with Gasteiger partial charge in [-0.25, -0.2) is 0 Å². The molecule has 1 N–H and O–H groups in total. The molecule has 0 radical (unpaired) electrons. The smallest absolute Gasteiger partial charge is 0.229 e. The fraction of sp³-hybridized carbons (Fsp3) is 0.250. The van der Waals surface area contributed by atoms with E-state index in [0.717, 1.165) is 0 Å². The number of carbonyl (C=O) groups is 2. The Kier molecular flexibility index (Phi) is 5.71. The van der Waals surface area contributed by atoms with Gasteiger partial charge in [0.2, 0.25) is 11.8 Å². The number of anilines is 2. The lowest BCUT2D eigenvalue weighted by atomic mass is 10.1. The first-order chi connectivity index (χ1) is 13.5. The van der Waals surface area contributed by atoms with Gasteiger partial charge in [-0.3, -0.25) is 9.59 Å². The summed E-state index contributed by atoms with van der Waals surface area (Å²) >= 11 is 5.99. The summed E-state index contributed by atoms with van der Waals surface area (Å²) in [5.41, 5.74) is 1.45. The number of halogens is 1. The summed E-state index contributed by atoms with van der Waals surface area (Å²) in [6.45, 7) is 0.254. The van der Waals surface area contributed by atoms with Crippen molar-refractivity contribution in [2.45, 2.75) is 6.42 Å². The third-order valence-electron chi connectivity index (χ3n) is 4.53. The number of amides is 2. The molecule has 0 bridgehead atoms. The maximum atomic E-state index is 12.6. The molecular weight excluding hydrogens is 382 g/mol. The van der Waals surface area contributed by atoms with Gasteiger partial charge in [0, 0.05) is 30.4 Å². The molecule has 1 aliphatic rings. The molecule has 0 aromatic heterocycles. The van der Waals surface area contributed by atoms with Crippen molar-refractivity contribution in [3.05, 3.63) is 47.0 Å². The highest BCUT2D eigenvalue weighted by Gasteiger charge is 2.35. The Labute approximate surface area is 167 Å². The van der Waals surface area contributed by atoms with E-state index in [0.29, 0.717) is 28.4 Å². The number of methoxy groups -OCH3 is 2. The fourth-order valence-electron chi connectivity index (χ4n) is 3.05. The van der Waals surface area contributed by atoms with Crippen LogP contribution in [0.4, 0.5) is 11.4 Å². The monoisotopic (exact) mass is 399 g/mol.